The average Bonchev–Trinajstić information content (AvgIpc) is 2.23. The lowest BCUT2D eigenvalue weighted by Crippen LogP contribution is -2.18. The number of methoxy groups -OCH3 is 1. The minimum atomic E-state index is -0.559. The molecule has 0 radical (unpaired) electrons. The summed E-state index contributed by atoms with van der Waals surface area (Å²) in [5.41, 5.74) is 3.06. The van der Waals surface area contributed by atoms with Crippen LogP contribution in [-0.2, 0) is 0 Å². The molecule has 0 spiro atoms. The quantitative estimate of drug-likeness (QED) is 0.893. The molecule has 3 nitrogen and oxygen atoms in total. The predicted molar refractivity (Wildman–Crippen MR) is 69.1 cm³/mol. The van der Waals surface area contributed by atoms with E-state index in [2.05, 4.69) is 21.2 Å². The van der Waals surface area contributed by atoms with Crippen LogP contribution in [0.1, 0.15) is 22.8 Å². The second kappa shape index (κ2) is 5.66. The van der Waals surface area contributed by atoms with Crippen LogP contribution in [0.5, 0.6) is 5.75 Å². The van der Waals surface area contributed by atoms with E-state index in [1.54, 1.807) is 7.11 Å². The highest BCUT2D eigenvalue weighted by atomic mass is 79.9. The Balaban J connectivity index is 3.32. The maximum atomic E-state index is 10.1. The monoisotopic (exact) mass is 287 g/mol. The highest BCUT2D eigenvalue weighted by Crippen LogP contribution is 2.37. The van der Waals surface area contributed by atoms with Crippen molar-refractivity contribution in [3.05, 3.63) is 27.2 Å². The van der Waals surface area contributed by atoms with Crippen molar-refractivity contribution in [2.45, 2.75) is 20.0 Å². The second-order valence-electron chi connectivity index (χ2n) is 3.82. The smallest absolute Gasteiger partial charge is 0.139 e. The third kappa shape index (κ3) is 2.56. The molecule has 0 aliphatic carbocycles. The van der Waals surface area contributed by atoms with Crippen LogP contribution in [0.3, 0.4) is 0 Å². The SMILES string of the molecule is CNCC(O)c1c(C)c(C)cc(Br)c1OC. The topological polar surface area (TPSA) is 41.5 Å². The van der Waals surface area contributed by atoms with Crippen LogP contribution in [0.2, 0.25) is 0 Å². The molecule has 16 heavy (non-hydrogen) atoms. The summed E-state index contributed by atoms with van der Waals surface area (Å²) < 4.78 is 6.22. The lowest BCUT2D eigenvalue weighted by Gasteiger charge is -2.20. The van der Waals surface area contributed by atoms with Gasteiger partial charge in [0.05, 0.1) is 17.7 Å². The zero-order valence-corrected chi connectivity index (χ0v) is 11.7. The summed E-state index contributed by atoms with van der Waals surface area (Å²) in [6.45, 7) is 4.53. The molecule has 0 saturated carbocycles. The van der Waals surface area contributed by atoms with Crippen LogP contribution in [-0.4, -0.2) is 25.8 Å². The Kier molecular flexibility index (Phi) is 4.77. The Morgan fingerprint density at radius 2 is 2.12 bits per heavy atom. The zero-order valence-electron chi connectivity index (χ0n) is 10.1. The number of hydrogen-bond acceptors (Lipinski definition) is 3. The van der Waals surface area contributed by atoms with Crippen LogP contribution >= 0.6 is 15.9 Å². The van der Waals surface area contributed by atoms with Crippen molar-refractivity contribution < 1.29 is 9.84 Å². The van der Waals surface area contributed by atoms with Gasteiger partial charge in [0, 0.05) is 12.1 Å². The third-order valence-electron chi connectivity index (χ3n) is 2.74. The molecule has 1 unspecified atom stereocenters. The van der Waals surface area contributed by atoms with Crippen molar-refractivity contribution in [2.75, 3.05) is 20.7 Å². The van der Waals surface area contributed by atoms with E-state index in [-0.39, 0.29) is 0 Å². The molecule has 1 atom stereocenters. The molecule has 0 bridgehead atoms. The van der Waals surface area contributed by atoms with E-state index >= 15 is 0 Å². The first-order valence-electron chi connectivity index (χ1n) is 5.19. The van der Waals surface area contributed by atoms with Gasteiger partial charge in [-0.1, -0.05) is 0 Å². The summed E-state index contributed by atoms with van der Waals surface area (Å²) >= 11 is 3.46. The van der Waals surface area contributed by atoms with E-state index in [0.717, 1.165) is 21.2 Å². The number of halogens is 1. The molecule has 1 aromatic carbocycles. The molecule has 0 aromatic heterocycles. The van der Waals surface area contributed by atoms with Gasteiger partial charge >= 0.3 is 0 Å². The summed E-state index contributed by atoms with van der Waals surface area (Å²) in [7, 11) is 3.43. The molecule has 1 rings (SSSR count). The van der Waals surface area contributed by atoms with Crippen molar-refractivity contribution in [3.63, 3.8) is 0 Å². The highest BCUT2D eigenvalue weighted by Gasteiger charge is 2.19. The first-order chi connectivity index (χ1) is 7.52. The molecule has 0 fully saturated rings. The van der Waals surface area contributed by atoms with Gasteiger partial charge in [-0.15, -0.1) is 0 Å². The number of aliphatic hydroxyl groups is 1. The molecular formula is C12H18BrNO2. The number of ether oxygens (including phenoxy) is 1. The number of nitrogens with one attached hydrogen (secondary N) is 1. The van der Waals surface area contributed by atoms with E-state index in [1.807, 2.05) is 27.0 Å². The van der Waals surface area contributed by atoms with Gasteiger partial charge in [0.15, 0.2) is 0 Å². The van der Waals surface area contributed by atoms with Crippen molar-refractivity contribution in [3.8, 4) is 5.75 Å². The van der Waals surface area contributed by atoms with Gasteiger partial charge in [-0.3, -0.25) is 0 Å². The van der Waals surface area contributed by atoms with E-state index < -0.39 is 6.10 Å². The standard InChI is InChI=1S/C12H18BrNO2/c1-7-5-9(13)12(16-4)11(8(7)2)10(15)6-14-3/h5,10,14-15H,6H2,1-4H3. The van der Waals surface area contributed by atoms with E-state index in [9.17, 15) is 5.11 Å². The van der Waals surface area contributed by atoms with Gasteiger partial charge in [0.1, 0.15) is 5.75 Å². The molecule has 0 aliphatic rings. The normalized spacial score (nSPS) is 12.6. The fraction of sp³-hybridized carbons (Fsp3) is 0.500. The maximum Gasteiger partial charge on any atom is 0.139 e. The van der Waals surface area contributed by atoms with Gasteiger partial charge in [-0.05, 0) is 54.0 Å². The summed E-state index contributed by atoms with van der Waals surface area (Å²) in [5.74, 6) is 0.714. The van der Waals surface area contributed by atoms with Gasteiger partial charge < -0.3 is 15.2 Å². The van der Waals surface area contributed by atoms with Crippen LogP contribution in [0.4, 0.5) is 0 Å². The Labute approximate surface area is 105 Å². The molecule has 4 heteroatoms. The van der Waals surface area contributed by atoms with Crippen molar-refractivity contribution >= 4 is 15.9 Å². The Morgan fingerprint density at radius 3 is 2.62 bits per heavy atom. The molecular weight excluding hydrogens is 270 g/mol. The van der Waals surface area contributed by atoms with E-state index in [1.165, 1.54) is 0 Å². The molecule has 0 amide bonds. The minimum Gasteiger partial charge on any atom is -0.495 e. The predicted octanol–water partition coefficient (Wildman–Crippen LogP) is 2.33. The number of hydrogen-bond donors (Lipinski definition) is 2. The van der Waals surface area contributed by atoms with Gasteiger partial charge in [-0.25, -0.2) is 0 Å². The van der Waals surface area contributed by atoms with Crippen molar-refractivity contribution in [1.29, 1.82) is 0 Å². The van der Waals surface area contributed by atoms with Crippen LogP contribution in [0.15, 0.2) is 10.5 Å². The summed E-state index contributed by atoms with van der Waals surface area (Å²) in [5, 5.41) is 13.1. The third-order valence-corrected chi connectivity index (χ3v) is 3.32. The number of benzene rings is 1. The Bertz CT molecular complexity index is 380. The first kappa shape index (κ1) is 13.5. The molecule has 90 valence electrons. The fourth-order valence-electron chi connectivity index (χ4n) is 1.78. The maximum absolute atomic E-state index is 10.1. The number of aryl methyl sites for hydroxylation is 1. The number of rotatable bonds is 4. The van der Waals surface area contributed by atoms with Crippen LogP contribution in [0, 0.1) is 13.8 Å². The highest BCUT2D eigenvalue weighted by molar-refractivity contribution is 9.10. The van der Waals surface area contributed by atoms with Gasteiger partial charge in [0.2, 0.25) is 0 Å². The molecule has 1 aromatic rings. The lowest BCUT2D eigenvalue weighted by molar-refractivity contribution is 0.172. The lowest BCUT2D eigenvalue weighted by atomic mass is 9.98. The van der Waals surface area contributed by atoms with E-state index in [4.69, 9.17) is 4.74 Å². The Hall–Kier alpha value is -0.580. The zero-order chi connectivity index (χ0) is 12.3. The first-order valence-corrected chi connectivity index (χ1v) is 5.98. The number of likely N-dealkylation sites (N-methyl/N-ethyl adjacent to an activating group) is 1. The molecule has 0 saturated heterocycles. The van der Waals surface area contributed by atoms with Crippen molar-refractivity contribution in [1.82, 2.24) is 5.32 Å². The number of aliphatic hydroxyl groups excluding tert-OH is 1. The van der Waals surface area contributed by atoms with E-state index in [0.29, 0.717) is 12.3 Å². The average molecular weight is 288 g/mol. The minimum absolute atomic E-state index is 0.507. The second-order valence-corrected chi connectivity index (χ2v) is 4.68. The summed E-state index contributed by atoms with van der Waals surface area (Å²) in [4.78, 5) is 0. The Morgan fingerprint density at radius 1 is 1.50 bits per heavy atom. The molecule has 0 aliphatic heterocycles. The molecule has 2 N–H and O–H groups in total. The van der Waals surface area contributed by atoms with Crippen molar-refractivity contribution in [2.24, 2.45) is 0 Å². The summed E-state index contributed by atoms with van der Waals surface area (Å²) in [6, 6.07) is 2.00. The van der Waals surface area contributed by atoms with Crippen LogP contribution in [0.25, 0.3) is 0 Å². The fourth-order valence-corrected chi connectivity index (χ4v) is 2.50. The van der Waals surface area contributed by atoms with Crippen LogP contribution < -0.4 is 10.1 Å². The van der Waals surface area contributed by atoms with Gasteiger partial charge in [-0.2, -0.15) is 0 Å². The van der Waals surface area contributed by atoms with Gasteiger partial charge in [0.25, 0.3) is 0 Å². The largest absolute Gasteiger partial charge is 0.495 e. The summed E-state index contributed by atoms with van der Waals surface area (Å²) in [6.07, 6.45) is -0.559. The molecule has 0 heterocycles.